The van der Waals surface area contributed by atoms with Crippen molar-refractivity contribution in [1.82, 2.24) is 0 Å². The largest absolute Gasteiger partial charge is 0.508 e. The Morgan fingerprint density at radius 3 is 2.22 bits per heavy atom. The van der Waals surface area contributed by atoms with Crippen molar-refractivity contribution in [3.8, 4) is 5.75 Å². The molecule has 18 heavy (non-hydrogen) atoms. The van der Waals surface area contributed by atoms with Gasteiger partial charge in [-0.15, -0.1) is 12.4 Å². The molecule has 104 valence electrons. The van der Waals surface area contributed by atoms with Crippen LogP contribution < -0.4 is 10.6 Å². The third-order valence-corrected chi connectivity index (χ3v) is 2.77. The maximum Gasteiger partial charge on any atom is 0.257 e. The first-order valence-corrected chi connectivity index (χ1v) is 5.62. The molecule has 1 atom stereocenters. The number of aromatic hydroxyl groups is 1. The molecule has 0 aliphatic carbocycles. The van der Waals surface area contributed by atoms with Crippen LogP contribution in [0.2, 0.25) is 0 Å². The summed E-state index contributed by atoms with van der Waals surface area (Å²) in [6.07, 6.45) is -2.68. The number of halogens is 3. The first-order valence-electron chi connectivity index (χ1n) is 5.62. The Morgan fingerprint density at radius 2 is 1.83 bits per heavy atom. The maximum atomic E-state index is 12.4. The predicted octanol–water partition coefficient (Wildman–Crippen LogP) is 2.93. The molecule has 0 saturated carbocycles. The molecule has 0 unspecified atom stereocenters. The number of alkyl halides is 2. The number of benzene rings is 1. The van der Waals surface area contributed by atoms with Crippen molar-refractivity contribution >= 4 is 18.1 Å². The molecular formula is C12H19ClF2N2O. The molecule has 1 aromatic carbocycles. The summed E-state index contributed by atoms with van der Waals surface area (Å²) in [4.78, 5) is 2.01. The molecule has 3 N–H and O–H groups in total. The second-order valence-electron chi connectivity index (χ2n) is 3.78. The molecular weight excluding hydrogens is 262 g/mol. The van der Waals surface area contributed by atoms with Gasteiger partial charge in [-0.05, 0) is 19.9 Å². The Hall–Kier alpha value is -1.07. The number of anilines is 1. The molecule has 0 amide bonds. The van der Waals surface area contributed by atoms with Gasteiger partial charge >= 0.3 is 0 Å². The molecule has 3 nitrogen and oxygen atoms in total. The topological polar surface area (TPSA) is 49.5 Å². The van der Waals surface area contributed by atoms with Crippen LogP contribution in [0.3, 0.4) is 0 Å². The van der Waals surface area contributed by atoms with Gasteiger partial charge in [0, 0.05) is 30.4 Å². The van der Waals surface area contributed by atoms with Crippen LogP contribution in [0.5, 0.6) is 5.75 Å². The molecule has 0 spiro atoms. The highest BCUT2D eigenvalue weighted by atomic mass is 35.5. The fourth-order valence-electron chi connectivity index (χ4n) is 1.74. The van der Waals surface area contributed by atoms with Gasteiger partial charge in [0.2, 0.25) is 0 Å². The highest BCUT2D eigenvalue weighted by molar-refractivity contribution is 5.85. The van der Waals surface area contributed by atoms with E-state index < -0.39 is 12.5 Å². The lowest BCUT2D eigenvalue weighted by atomic mass is 10.1. The average Bonchev–Trinajstić information content (AvgIpc) is 2.30. The lowest BCUT2D eigenvalue weighted by molar-refractivity contribution is 0.115. The minimum atomic E-state index is -2.68. The summed E-state index contributed by atoms with van der Waals surface area (Å²) >= 11 is 0. The first kappa shape index (κ1) is 16.9. The van der Waals surface area contributed by atoms with Crippen LogP contribution in [0.1, 0.15) is 25.5 Å². The zero-order chi connectivity index (χ0) is 13.0. The first-order chi connectivity index (χ1) is 8.01. The Labute approximate surface area is 112 Å². The third kappa shape index (κ3) is 3.71. The second-order valence-corrected chi connectivity index (χ2v) is 3.78. The fraction of sp³-hybridized carbons (Fsp3) is 0.500. The molecule has 0 bridgehead atoms. The van der Waals surface area contributed by atoms with Gasteiger partial charge in [0.15, 0.2) is 0 Å². The number of rotatable bonds is 5. The smallest absolute Gasteiger partial charge is 0.257 e. The lowest BCUT2D eigenvalue weighted by Gasteiger charge is -2.22. The van der Waals surface area contributed by atoms with Crippen molar-refractivity contribution in [3.05, 3.63) is 23.8 Å². The summed E-state index contributed by atoms with van der Waals surface area (Å²) in [5.74, 6) is -0.179. The number of nitrogens with zero attached hydrogens (tertiary/aromatic N) is 1. The standard InChI is InChI=1S/C12H18F2N2O.ClH/c1-3-16(4-2)8-5-6-9(10(17)7-8)11(15)12(13)14;/h5-7,11-12,17H,3-4,15H2,1-2H3;1H/t11-;/m0./s1. The summed E-state index contributed by atoms with van der Waals surface area (Å²) in [5, 5.41) is 9.71. The molecule has 0 fully saturated rings. The summed E-state index contributed by atoms with van der Waals surface area (Å²) in [7, 11) is 0. The number of hydrogen-bond donors (Lipinski definition) is 2. The van der Waals surface area contributed by atoms with Gasteiger partial charge in [-0.1, -0.05) is 6.07 Å². The monoisotopic (exact) mass is 280 g/mol. The van der Waals surface area contributed by atoms with Gasteiger partial charge < -0.3 is 15.7 Å². The zero-order valence-corrected chi connectivity index (χ0v) is 11.3. The van der Waals surface area contributed by atoms with Crippen LogP contribution in [0.15, 0.2) is 18.2 Å². The molecule has 0 saturated heterocycles. The van der Waals surface area contributed by atoms with Crippen LogP contribution in [-0.2, 0) is 0 Å². The van der Waals surface area contributed by atoms with Crippen LogP contribution in [0.25, 0.3) is 0 Å². The molecule has 1 aromatic rings. The van der Waals surface area contributed by atoms with Crippen LogP contribution in [-0.4, -0.2) is 24.6 Å². The average molecular weight is 281 g/mol. The Balaban J connectivity index is 0.00000289. The molecule has 1 rings (SSSR count). The van der Waals surface area contributed by atoms with Gasteiger partial charge in [-0.2, -0.15) is 0 Å². The van der Waals surface area contributed by atoms with Gasteiger partial charge in [-0.25, -0.2) is 8.78 Å². The molecule has 0 aromatic heterocycles. The Kier molecular flexibility index (Phi) is 6.94. The zero-order valence-electron chi connectivity index (χ0n) is 10.4. The van der Waals surface area contributed by atoms with Gasteiger partial charge in [-0.3, -0.25) is 0 Å². The molecule has 0 heterocycles. The predicted molar refractivity (Wildman–Crippen MR) is 71.8 cm³/mol. The van der Waals surface area contributed by atoms with E-state index in [-0.39, 0.29) is 23.7 Å². The van der Waals surface area contributed by atoms with Crippen molar-refractivity contribution in [2.75, 3.05) is 18.0 Å². The maximum absolute atomic E-state index is 12.4. The number of hydrogen-bond acceptors (Lipinski definition) is 3. The van der Waals surface area contributed by atoms with Crippen molar-refractivity contribution in [2.24, 2.45) is 5.73 Å². The van der Waals surface area contributed by atoms with E-state index in [9.17, 15) is 13.9 Å². The van der Waals surface area contributed by atoms with E-state index in [0.717, 1.165) is 18.8 Å². The summed E-state index contributed by atoms with van der Waals surface area (Å²) in [6, 6.07) is 3.19. The normalized spacial score (nSPS) is 12.1. The van der Waals surface area contributed by atoms with Gasteiger partial charge in [0.05, 0.1) is 6.04 Å². The fourth-order valence-corrected chi connectivity index (χ4v) is 1.74. The van der Waals surface area contributed by atoms with E-state index in [1.54, 1.807) is 6.07 Å². The van der Waals surface area contributed by atoms with Crippen molar-refractivity contribution in [3.63, 3.8) is 0 Å². The van der Waals surface area contributed by atoms with Crippen molar-refractivity contribution in [1.29, 1.82) is 0 Å². The van der Waals surface area contributed by atoms with Crippen molar-refractivity contribution < 1.29 is 13.9 Å². The van der Waals surface area contributed by atoms with Crippen LogP contribution >= 0.6 is 12.4 Å². The lowest BCUT2D eigenvalue weighted by Crippen LogP contribution is -2.22. The molecule has 0 aliphatic rings. The third-order valence-electron chi connectivity index (χ3n) is 2.77. The Bertz CT molecular complexity index is 373. The van der Waals surface area contributed by atoms with E-state index in [1.807, 2.05) is 18.7 Å². The van der Waals surface area contributed by atoms with E-state index >= 15 is 0 Å². The molecule has 0 aliphatic heterocycles. The molecule has 6 heteroatoms. The van der Waals surface area contributed by atoms with E-state index in [2.05, 4.69) is 0 Å². The summed E-state index contributed by atoms with van der Waals surface area (Å²) in [6.45, 7) is 5.55. The molecule has 0 radical (unpaired) electrons. The van der Waals surface area contributed by atoms with Crippen LogP contribution in [0, 0.1) is 0 Å². The minimum absolute atomic E-state index is 0. The van der Waals surface area contributed by atoms with Crippen molar-refractivity contribution in [2.45, 2.75) is 26.3 Å². The van der Waals surface area contributed by atoms with Gasteiger partial charge in [0.25, 0.3) is 6.43 Å². The highest BCUT2D eigenvalue weighted by Gasteiger charge is 2.21. The highest BCUT2D eigenvalue weighted by Crippen LogP contribution is 2.30. The summed E-state index contributed by atoms with van der Waals surface area (Å²) in [5.41, 5.74) is 6.19. The van der Waals surface area contributed by atoms with E-state index in [4.69, 9.17) is 5.73 Å². The number of phenolic OH excluding ortho intramolecular Hbond substituents is 1. The number of phenols is 1. The minimum Gasteiger partial charge on any atom is -0.508 e. The summed E-state index contributed by atoms with van der Waals surface area (Å²) < 4.78 is 24.9. The Morgan fingerprint density at radius 1 is 1.28 bits per heavy atom. The SMILES string of the molecule is CCN(CC)c1ccc([C@H](N)C(F)F)c(O)c1.Cl. The quantitative estimate of drug-likeness (QED) is 0.872. The van der Waals surface area contributed by atoms with E-state index in [1.165, 1.54) is 12.1 Å². The van der Waals surface area contributed by atoms with E-state index in [0.29, 0.717) is 0 Å². The van der Waals surface area contributed by atoms with Crippen LogP contribution in [0.4, 0.5) is 14.5 Å². The van der Waals surface area contributed by atoms with Gasteiger partial charge in [0.1, 0.15) is 5.75 Å². The second kappa shape index (κ2) is 7.38. The number of nitrogens with two attached hydrogens (primary N) is 1.